The minimum atomic E-state index is -0.528. The van der Waals surface area contributed by atoms with E-state index < -0.39 is 5.41 Å². The van der Waals surface area contributed by atoms with Gasteiger partial charge in [0.2, 0.25) is 0 Å². The smallest absolute Gasteiger partial charge is 0.0726 e. The van der Waals surface area contributed by atoms with Crippen molar-refractivity contribution in [3.8, 4) is 50.2 Å². The van der Waals surface area contributed by atoms with Crippen LogP contribution in [0.4, 0.5) is 17.1 Å². The molecule has 1 spiro atoms. The Balaban J connectivity index is 1.06. The lowest BCUT2D eigenvalue weighted by Crippen LogP contribution is -2.32. The minimum Gasteiger partial charge on any atom is -0.310 e. The quantitative estimate of drug-likeness (QED) is 0.162. The Labute approximate surface area is 389 Å². The van der Waals surface area contributed by atoms with E-state index in [0.717, 1.165) is 28.3 Å². The Morgan fingerprint density at radius 1 is 0.299 bits per heavy atom. The van der Waals surface area contributed by atoms with Gasteiger partial charge in [0.15, 0.2) is 0 Å². The van der Waals surface area contributed by atoms with Crippen LogP contribution in [-0.2, 0) is 5.41 Å². The molecule has 0 saturated carbocycles. The lowest BCUT2D eigenvalue weighted by atomic mass is 9.61. The summed E-state index contributed by atoms with van der Waals surface area (Å²) in [6.07, 6.45) is 0. The molecule has 11 aromatic carbocycles. The molecular weight excluding hydrogens is 809 g/mol. The fourth-order valence-corrected chi connectivity index (χ4v) is 11.9. The molecule has 1 heterocycles. The maximum atomic E-state index is 2.52. The van der Waals surface area contributed by atoms with Crippen molar-refractivity contribution in [2.45, 2.75) is 5.41 Å². The van der Waals surface area contributed by atoms with E-state index in [4.69, 9.17) is 0 Å². The highest BCUT2D eigenvalue weighted by Gasteiger charge is 2.50. The highest BCUT2D eigenvalue weighted by molar-refractivity contribution is 6.12. The van der Waals surface area contributed by atoms with Crippen molar-refractivity contribution in [2.75, 3.05) is 4.90 Å². The lowest BCUT2D eigenvalue weighted by molar-refractivity contribution is 0.773. The van der Waals surface area contributed by atoms with E-state index in [1.807, 2.05) is 0 Å². The Bertz CT molecular complexity index is 3810. The van der Waals surface area contributed by atoms with Gasteiger partial charge in [0, 0.05) is 39.0 Å². The molecule has 67 heavy (non-hydrogen) atoms. The van der Waals surface area contributed by atoms with Gasteiger partial charge in [-0.3, -0.25) is 0 Å². The molecule has 0 radical (unpaired) electrons. The van der Waals surface area contributed by atoms with E-state index in [1.165, 1.54) is 93.8 Å². The zero-order valence-electron chi connectivity index (χ0n) is 36.6. The molecule has 0 amide bonds. The van der Waals surface area contributed by atoms with Crippen LogP contribution < -0.4 is 4.90 Å². The van der Waals surface area contributed by atoms with Crippen LogP contribution in [-0.4, -0.2) is 4.57 Å². The van der Waals surface area contributed by atoms with Gasteiger partial charge >= 0.3 is 0 Å². The summed E-state index contributed by atoms with van der Waals surface area (Å²) >= 11 is 0. The number of anilines is 3. The van der Waals surface area contributed by atoms with Crippen LogP contribution in [0.25, 0.3) is 82.8 Å². The van der Waals surface area contributed by atoms with Gasteiger partial charge in [-0.05, 0) is 109 Å². The van der Waals surface area contributed by atoms with Crippen LogP contribution in [0.1, 0.15) is 22.3 Å². The molecule has 0 fully saturated rings. The number of rotatable bonds is 6. The van der Waals surface area contributed by atoms with Gasteiger partial charge in [-0.2, -0.15) is 0 Å². The standard InChI is InChI=1S/C65H42N2/c1-4-19-43(20-5-1)49-30-18-31-50(44-21-6-2-7-22-44)64(49)67-61-36-15-12-29-54(61)55-40-38-48(42-62(55)67)66(46-25-8-3-9-26-46)47-37-39-53-56-32-16-23-45-24-17-35-59(63(45)56)65(60(53)41-47)57-33-13-10-27-51(57)52-28-11-14-34-58(52)65/h1-42H. The van der Waals surface area contributed by atoms with Crippen molar-refractivity contribution in [1.29, 1.82) is 0 Å². The third-order valence-corrected chi connectivity index (χ3v) is 14.6. The minimum absolute atomic E-state index is 0.528. The van der Waals surface area contributed by atoms with Crippen molar-refractivity contribution in [2.24, 2.45) is 0 Å². The number of hydrogen-bond acceptors (Lipinski definition) is 1. The van der Waals surface area contributed by atoms with Crippen molar-refractivity contribution in [3.63, 3.8) is 0 Å². The number of hydrogen-bond donors (Lipinski definition) is 0. The van der Waals surface area contributed by atoms with E-state index in [9.17, 15) is 0 Å². The van der Waals surface area contributed by atoms with Gasteiger partial charge in [-0.25, -0.2) is 0 Å². The molecule has 2 aliphatic rings. The Kier molecular flexibility index (Phi) is 8.23. The number of para-hydroxylation sites is 3. The van der Waals surface area contributed by atoms with Crippen LogP contribution >= 0.6 is 0 Å². The number of benzene rings is 11. The summed E-state index contributed by atoms with van der Waals surface area (Å²) < 4.78 is 2.52. The van der Waals surface area contributed by atoms with Crippen molar-refractivity contribution in [1.82, 2.24) is 4.57 Å². The van der Waals surface area contributed by atoms with E-state index in [0.29, 0.717) is 0 Å². The van der Waals surface area contributed by atoms with Gasteiger partial charge in [0.1, 0.15) is 0 Å². The molecule has 0 N–H and O–H groups in total. The van der Waals surface area contributed by atoms with E-state index in [-0.39, 0.29) is 0 Å². The van der Waals surface area contributed by atoms with Crippen molar-refractivity contribution < 1.29 is 0 Å². The molecule has 12 aromatic rings. The molecule has 2 aliphatic carbocycles. The largest absolute Gasteiger partial charge is 0.310 e. The SMILES string of the molecule is c1ccc(-c2cccc(-c3ccccc3)c2-n2c3ccccc3c3ccc(N(c4ccccc4)c4ccc5c(c4)C4(c6ccccc6-c6ccccc64)c4cccc6cccc-5c46)cc32)cc1. The molecule has 14 rings (SSSR count). The van der Waals surface area contributed by atoms with E-state index in [2.05, 4.69) is 264 Å². The van der Waals surface area contributed by atoms with Crippen molar-refractivity contribution in [3.05, 3.63) is 277 Å². The molecule has 1 aromatic heterocycles. The molecular formula is C65H42N2. The molecule has 0 bridgehead atoms. The second-order valence-electron chi connectivity index (χ2n) is 17.9. The van der Waals surface area contributed by atoms with E-state index in [1.54, 1.807) is 0 Å². The Hall–Kier alpha value is -8.72. The first-order chi connectivity index (χ1) is 33.3. The summed E-state index contributed by atoms with van der Waals surface area (Å²) in [4.78, 5) is 2.46. The monoisotopic (exact) mass is 850 g/mol. The number of nitrogens with zero attached hydrogens (tertiary/aromatic N) is 2. The van der Waals surface area contributed by atoms with Crippen LogP contribution in [0.2, 0.25) is 0 Å². The first kappa shape index (κ1) is 37.6. The summed E-state index contributed by atoms with van der Waals surface area (Å²) in [5.74, 6) is 0. The Morgan fingerprint density at radius 3 is 1.49 bits per heavy atom. The summed E-state index contributed by atoms with van der Waals surface area (Å²) in [6.45, 7) is 0. The molecule has 0 saturated heterocycles. The van der Waals surface area contributed by atoms with Crippen molar-refractivity contribution >= 4 is 49.6 Å². The summed E-state index contributed by atoms with van der Waals surface area (Å²) in [5.41, 5.74) is 21.4. The zero-order chi connectivity index (χ0) is 44.1. The number of aromatic nitrogens is 1. The summed E-state index contributed by atoms with van der Waals surface area (Å²) in [7, 11) is 0. The van der Waals surface area contributed by atoms with E-state index >= 15 is 0 Å². The van der Waals surface area contributed by atoms with Gasteiger partial charge in [0.25, 0.3) is 0 Å². The average molecular weight is 851 g/mol. The van der Waals surface area contributed by atoms with Gasteiger partial charge in [-0.15, -0.1) is 0 Å². The third kappa shape index (κ3) is 5.39. The second-order valence-corrected chi connectivity index (χ2v) is 17.9. The highest BCUT2D eigenvalue weighted by atomic mass is 15.1. The first-order valence-corrected chi connectivity index (χ1v) is 23.3. The molecule has 2 heteroatoms. The molecule has 312 valence electrons. The van der Waals surface area contributed by atoms with Gasteiger partial charge < -0.3 is 9.47 Å². The van der Waals surface area contributed by atoms with Crippen LogP contribution in [0, 0.1) is 0 Å². The predicted molar refractivity (Wildman–Crippen MR) is 280 cm³/mol. The Morgan fingerprint density at radius 2 is 0.791 bits per heavy atom. The summed E-state index contributed by atoms with van der Waals surface area (Å²) in [5, 5.41) is 5.03. The maximum Gasteiger partial charge on any atom is 0.0726 e. The normalized spacial score (nSPS) is 12.9. The molecule has 0 atom stereocenters. The van der Waals surface area contributed by atoms with Crippen LogP contribution in [0.15, 0.2) is 255 Å². The van der Waals surface area contributed by atoms with Crippen LogP contribution in [0.5, 0.6) is 0 Å². The zero-order valence-corrected chi connectivity index (χ0v) is 36.6. The predicted octanol–water partition coefficient (Wildman–Crippen LogP) is 17.1. The molecule has 2 nitrogen and oxygen atoms in total. The lowest BCUT2D eigenvalue weighted by Gasteiger charge is -2.40. The fraction of sp³-hybridized carbons (Fsp3) is 0.0154. The third-order valence-electron chi connectivity index (χ3n) is 14.6. The topological polar surface area (TPSA) is 8.17 Å². The average Bonchev–Trinajstić information content (AvgIpc) is 3.89. The first-order valence-electron chi connectivity index (χ1n) is 23.3. The highest BCUT2D eigenvalue weighted by Crippen LogP contribution is 2.62. The fourth-order valence-electron chi connectivity index (χ4n) is 11.9. The molecule has 0 unspecified atom stereocenters. The summed E-state index contributed by atoms with van der Waals surface area (Å²) in [6, 6.07) is 94.5. The molecule has 0 aliphatic heterocycles. The maximum absolute atomic E-state index is 2.52. The van der Waals surface area contributed by atoms with Gasteiger partial charge in [-0.1, -0.05) is 212 Å². The van der Waals surface area contributed by atoms with Crippen LogP contribution in [0.3, 0.4) is 0 Å². The van der Waals surface area contributed by atoms with Gasteiger partial charge in [0.05, 0.1) is 22.1 Å². The number of fused-ring (bicyclic) bond motifs is 12. The second kappa shape index (κ2) is 14.7.